The molecule has 2 unspecified atom stereocenters. The first kappa shape index (κ1) is 20.7. The Labute approximate surface area is 167 Å². The Bertz CT molecular complexity index is 874. The van der Waals surface area contributed by atoms with Gasteiger partial charge >= 0.3 is 5.97 Å². The summed E-state index contributed by atoms with van der Waals surface area (Å²) in [6.45, 7) is 1.95. The van der Waals surface area contributed by atoms with Crippen LogP contribution in [0, 0.1) is 6.92 Å². The molecule has 3 N–H and O–H groups in total. The SMILES string of the molecule is Cc1nc(CC2OCCC(c3ccccc3)CO2)nc(C(=O)NCC(=O)O)c1O. The highest BCUT2D eigenvalue weighted by molar-refractivity contribution is 5.96. The summed E-state index contributed by atoms with van der Waals surface area (Å²) in [7, 11) is 0. The molecule has 9 nitrogen and oxygen atoms in total. The first-order chi connectivity index (χ1) is 13.9. The van der Waals surface area contributed by atoms with Crippen molar-refractivity contribution in [1.82, 2.24) is 15.3 Å². The molecule has 0 saturated carbocycles. The van der Waals surface area contributed by atoms with Crippen LogP contribution in [0.15, 0.2) is 30.3 Å². The van der Waals surface area contributed by atoms with E-state index in [2.05, 4.69) is 27.4 Å². The summed E-state index contributed by atoms with van der Waals surface area (Å²) < 4.78 is 11.6. The summed E-state index contributed by atoms with van der Waals surface area (Å²) in [5.41, 5.74) is 1.13. The molecule has 1 saturated heterocycles. The van der Waals surface area contributed by atoms with E-state index in [4.69, 9.17) is 14.6 Å². The Morgan fingerprint density at radius 2 is 1.97 bits per heavy atom. The summed E-state index contributed by atoms with van der Waals surface area (Å²) in [6.07, 6.45) is 0.434. The molecule has 154 valence electrons. The summed E-state index contributed by atoms with van der Waals surface area (Å²) in [4.78, 5) is 31.1. The molecular formula is C20H23N3O6. The van der Waals surface area contributed by atoms with Crippen molar-refractivity contribution in [2.45, 2.75) is 32.0 Å². The molecule has 0 radical (unpaired) electrons. The molecule has 1 aliphatic heterocycles. The van der Waals surface area contributed by atoms with Gasteiger partial charge in [-0.05, 0) is 18.9 Å². The number of carbonyl (C=O) groups is 2. The number of ether oxygens (including phenoxy) is 2. The van der Waals surface area contributed by atoms with Crippen LogP contribution in [0.4, 0.5) is 0 Å². The topological polar surface area (TPSA) is 131 Å². The summed E-state index contributed by atoms with van der Waals surface area (Å²) in [5, 5.41) is 20.9. The molecule has 3 rings (SSSR count). The lowest BCUT2D eigenvalue weighted by Gasteiger charge is -2.17. The minimum absolute atomic E-state index is 0.196. The third-order valence-corrected chi connectivity index (χ3v) is 4.59. The quantitative estimate of drug-likeness (QED) is 0.662. The van der Waals surface area contributed by atoms with Gasteiger partial charge in [0.15, 0.2) is 17.7 Å². The smallest absolute Gasteiger partial charge is 0.322 e. The maximum absolute atomic E-state index is 12.1. The van der Waals surface area contributed by atoms with Gasteiger partial charge in [-0.2, -0.15) is 0 Å². The molecule has 1 amide bonds. The Morgan fingerprint density at radius 1 is 1.21 bits per heavy atom. The number of rotatable bonds is 6. The van der Waals surface area contributed by atoms with E-state index in [9.17, 15) is 14.7 Å². The zero-order valence-electron chi connectivity index (χ0n) is 16.0. The second-order valence-electron chi connectivity index (χ2n) is 6.73. The summed E-state index contributed by atoms with van der Waals surface area (Å²) in [6, 6.07) is 10.1. The standard InChI is InChI=1S/C20H23N3O6/c1-12-19(26)18(20(27)21-10-16(24)25)23-15(22-12)9-17-28-8-7-14(11-29-17)13-5-3-2-4-6-13/h2-6,14,17,26H,7-11H2,1H3,(H,21,27)(H,24,25). The predicted octanol–water partition coefficient (Wildman–Crippen LogP) is 1.39. The highest BCUT2D eigenvalue weighted by Gasteiger charge is 2.24. The predicted molar refractivity (Wildman–Crippen MR) is 102 cm³/mol. The lowest BCUT2D eigenvalue weighted by Crippen LogP contribution is -2.30. The number of hydrogen-bond acceptors (Lipinski definition) is 7. The fraction of sp³-hybridized carbons (Fsp3) is 0.400. The van der Waals surface area contributed by atoms with Crippen molar-refractivity contribution in [1.29, 1.82) is 0 Å². The molecule has 1 aromatic heterocycles. The number of aromatic hydroxyl groups is 1. The molecular weight excluding hydrogens is 378 g/mol. The van der Waals surface area contributed by atoms with Crippen LogP contribution in [0.1, 0.15) is 39.9 Å². The zero-order chi connectivity index (χ0) is 20.8. The second kappa shape index (κ2) is 9.44. The largest absolute Gasteiger partial charge is 0.504 e. The van der Waals surface area contributed by atoms with E-state index in [1.807, 2.05) is 18.2 Å². The van der Waals surface area contributed by atoms with Crippen molar-refractivity contribution in [2.75, 3.05) is 19.8 Å². The zero-order valence-corrected chi connectivity index (χ0v) is 16.0. The highest BCUT2D eigenvalue weighted by atomic mass is 16.7. The Morgan fingerprint density at radius 3 is 2.69 bits per heavy atom. The van der Waals surface area contributed by atoms with Crippen molar-refractivity contribution in [3.05, 3.63) is 53.1 Å². The van der Waals surface area contributed by atoms with Crippen LogP contribution in [0.2, 0.25) is 0 Å². The van der Waals surface area contributed by atoms with Crippen molar-refractivity contribution >= 4 is 11.9 Å². The van der Waals surface area contributed by atoms with Crippen molar-refractivity contribution < 1.29 is 29.3 Å². The maximum Gasteiger partial charge on any atom is 0.322 e. The summed E-state index contributed by atoms with van der Waals surface area (Å²) >= 11 is 0. The van der Waals surface area contributed by atoms with E-state index in [1.165, 1.54) is 12.5 Å². The number of aromatic nitrogens is 2. The third-order valence-electron chi connectivity index (χ3n) is 4.59. The van der Waals surface area contributed by atoms with Gasteiger partial charge in [0.25, 0.3) is 5.91 Å². The lowest BCUT2D eigenvalue weighted by molar-refractivity contribution is -0.135. The number of amides is 1. The van der Waals surface area contributed by atoms with Gasteiger partial charge in [0.05, 0.1) is 25.3 Å². The van der Waals surface area contributed by atoms with Crippen molar-refractivity contribution in [3.8, 4) is 5.75 Å². The number of carboxylic acid groups (broad SMARTS) is 1. The van der Waals surface area contributed by atoms with Gasteiger partial charge in [-0.1, -0.05) is 30.3 Å². The fourth-order valence-corrected chi connectivity index (χ4v) is 3.07. The number of aliphatic carboxylic acids is 1. The minimum atomic E-state index is -1.20. The van der Waals surface area contributed by atoms with Crippen LogP contribution < -0.4 is 5.32 Å². The minimum Gasteiger partial charge on any atom is -0.504 e. The van der Waals surface area contributed by atoms with E-state index in [0.717, 1.165) is 6.42 Å². The number of aryl methyl sites for hydroxylation is 1. The average molecular weight is 401 g/mol. The summed E-state index contributed by atoms with van der Waals surface area (Å²) in [5.74, 6) is -1.88. The first-order valence-electron chi connectivity index (χ1n) is 9.28. The van der Waals surface area contributed by atoms with Crippen LogP contribution >= 0.6 is 0 Å². The molecule has 2 heterocycles. The normalized spacial score (nSPS) is 19.3. The van der Waals surface area contributed by atoms with Crippen LogP contribution in [0.3, 0.4) is 0 Å². The van der Waals surface area contributed by atoms with E-state index in [1.54, 1.807) is 0 Å². The average Bonchev–Trinajstić information content (AvgIpc) is 2.95. The van der Waals surface area contributed by atoms with Crippen molar-refractivity contribution in [3.63, 3.8) is 0 Å². The number of nitrogens with one attached hydrogen (secondary N) is 1. The molecule has 9 heteroatoms. The van der Waals surface area contributed by atoms with Gasteiger partial charge in [0.2, 0.25) is 0 Å². The van der Waals surface area contributed by atoms with Gasteiger partial charge in [-0.3, -0.25) is 9.59 Å². The molecule has 1 fully saturated rings. The molecule has 1 aliphatic rings. The Kier molecular flexibility index (Phi) is 6.73. The highest BCUT2D eigenvalue weighted by Crippen LogP contribution is 2.25. The van der Waals surface area contributed by atoms with Crippen LogP contribution in [-0.2, 0) is 20.7 Å². The molecule has 2 atom stereocenters. The van der Waals surface area contributed by atoms with Gasteiger partial charge < -0.3 is 25.0 Å². The number of nitrogens with zero attached hydrogens (tertiary/aromatic N) is 2. The Hall–Kier alpha value is -3.04. The molecule has 29 heavy (non-hydrogen) atoms. The number of carboxylic acids is 1. The molecule has 2 aromatic rings. The van der Waals surface area contributed by atoms with E-state index >= 15 is 0 Å². The van der Waals surface area contributed by atoms with Crippen molar-refractivity contribution in [2.24, 2.45) is 0 Å². The number of hydrogen-bond donors (Lipinski definition) is 3. The first-order valence-corrected chi connectivity index (χ1v) is 9.28. The van der Waals surface area contributed by atoms with Crippen LogP contribution in [0.25, 0.3) is 0 Å². The van der Waals surface area contributed by atoms with Gasteiger partial charge in [0.1, 0.15) is 12.4 Å². The number of benzene rings is 1. The van der Waals surface area contributed by atoms with E-state index in [-0.39, 0.29) is 35.3 Å². The van der Waals surface area contributed by atoms with E-state index in [0.29, 0.717) is 13.2 Å². The molecule has 0 bridgehead atoms. The molecule has 1 aromatic carbocycles. The molecule has 0 spiro atoms. The third kappa shape index (κ3) is 5.49. The molecule has 0 aliphatic carbocycles. The lowest BCUT2D eigenvalue weighted by atomic mass is 9.97. The Balaban J connectivity index is 1.68. The van der Waals surface area contributed by atoms with Gasteiger partial charge in [0, 0.05) is 5.92 Å². The fourth-order valence-electron chi connectivity index (χ4n) is 3.07. The monoisotopic (exact) mass is 401 g/mol. The van der Waals surface area contributed by atoms with Gasteiger partial charge in [-0.15, -0.1) is 0 Å². The van der Waals surface area contributed by atoms with E-state index < -0.39 is 24.7 Å². The number of carbonyl (C=O) groups excluding carboxylic acids is 1. The van der Waals surface area contributed by atoms with Crippen LogP contribution in [0.5, 0.6) is 5.75 Å². The van der Waals surface area contributed by atoms with Crippen LogP contribution in [-0.4, -0.2) is 58.1 Å². The maximum atomic E-state index is 12.1. The van der Waals surface area contributed by atoms with Gasteiger partial charge in [-0.25, -0.2) is 9.97 Å². The second-order valence-corrected chi connectivity index (χ2v) is 6.73.